The fourth-order valence-electron chi connectivity index (χ4n) is 6.06. The largest absolute Gasteiger partial charge is 0.129 e. The fraction of sp³-hybridized carbons (Fsp3) is 0.176. The third-order valence-electron chi connectivity index (χ3n) is 9.61. The summed E-state index contributed by atoms with van der Waals surface area (Å²) in [4.78, 5) is 0. The molecule has 0 aliphatic heterocycles. The van der Waals surface area contributed by atoms with Gasteiger partial charge >= 0.3 is 0 Å². The standard InChI is InChI=1S/C68H58Si4/c1-69(2,3)45-41-65-49-63(50-66(53-65)42-46-70(4,5)6)39-37-61-33-29-59(30-34-61)27-25-57-21-17-55(18-22-57)15-13-14-16-56-19-23-58(24-20-56)26-28-60-31-35-62(36-32-60)38-40-64-51-67(43-47-71(7,8)9)54-68(52-64)44-48-72(10,11)12/h17-24,29-36,49-54H,1-12H3. The van der Waals surface area contributed by atoms with Crippen LogP contribution in [0.3, 0.4) is 0 Å². The van der Waals surface area contributed by atoms with Gasteiger partial charge in [0, 0.05) is 77.9 Å². The molecule has 0 heterocycles. The molecule has 0 nitrogen and oxygen atoms in total. The van der Waals surface area contributed by atoms with Crippen molar-refractivity contribution in [3.05, 3.63) is 211 Å². The summed E-state index contributed by atoms with van der Waals surface area (Å²) in [6.45, 7) is 27.0. The molecular formula is C68H58Si4. The molecule has 346 valence electrons. The van der Waals surface area contributed by atoms with E-state index in [2.05, 4.69) is 232 Å². The molecule has 0 bridgehead atoms. The van der Waals surface area contributed by atoms with Crippen LogP contribution in [0.25, 0.3) is 0 Å². The maximum absolute atomic E-state index is 3.48. The van der Waals surface area contributed by atoms with Crippen LogP contribution < -0.4 is 0 Å². The average molecular weight is 988 g/mol. The van der Waals surface area contributed by atoms with Crippen molar-refractivity contribution in [1.82, 2.24) is 0 Å². The Morgan fingerprint density at radius 1 is 0.181 bits per heavy atom. The first-order valence-electron chi connectivity index (χ1n) is 24.0. The van der Waals surface area contributed by atoms with E-state index in [9.17, 15) is 0 Å². The molecule has 0 atom stereocenters. The van der Waals surface area contributed by atoms with Gasteiger partial charge in [0.1, 0.15) is 32.3 Å². The minimum absolute atomic E-state index is 0.873. The van der Waals surface area contributed by atoms with Gasteiger partial charge in [0.05, 0.1) is 0 Å². The van der Waals surface area contributed by atoms with Crippen LogP contribution in [0.2, 0.25) is 78.6 Å². The van der Waals surface area contributed by atoms with E-state index >= 15 is 0 Å². The van der Waals surface area contributed by atoms with Crippen molar-refractivity contribution in [3.63, 3.8) is 0 Å². The van der Waals surface area contributed by atoms with E-state index in [1.165, 1.54) is 0 Å². The Labute approximate surface area is 436 Å². The van der Waals surface area contributed by atoms with Gasteiger partial charge in [-0.1, -0.05) is 161 Å². The molecule has 6 aromatic carbocycles. The zero-order valence-electron chi connectivity index (χ0n) is 43.7. The molecule has 0 radical (unpaired) electrons. The summed E-state index contributed by atoms with van der Waals surface area (Å²) < 4.78 is 0. The van der Waals surface area contributed by atoms with Gasteiger partial charge in [-0.3, -0.25) is 0 Å². The van der Waals surface area contributed by atoms with Crippen molar-refractivity contribution < 1.29 is 0 Å². The molecule has 0 fully saturated rings. The molecule has 0 amide bonds. The average Bonchev–Trinajstić information content (AvgIpc) is 3.33. The van der Waals surface area contributed by atoms with E-state index in [0.29, 0.717) is 0 Å². The van der Waals surface area contributed by atoms with Crippen LogP contribution in [-0.4, -0.2) is 32.3 Å². The monoisotopic (exact) mass is 986 g/mol. The van der Waals surface area contributed by atoms with Crippen molar-refractivity contribution in [2.24, 2.45) is 0 Å². The van der Waals surface area contributed by atoms with Crippen molar-refractivity contribution in [2.45, 2.75) is 78.6 Å². The molecule has 6 rings (SSSR count). The highest BCUT2D eigenvalue weighted by atomic mass is 28.3. The van der Waals surface area contributed by atoms with E-state index in [4.69, 9.17) is 0 Å². The van der Waals surface area contributed by atoms with E-state index in [1.807, 2.05) is 97.1 Å². The molecular weight excluding hydrogens is 929 g/mol. The topological polar surface area (TPSA) is 0 Å². The highest BCUT2D eigenvalue weighted by Gasteiger charge is 2.11. The first kappa shape index (κ1) is 53.1. The van der Waals surface area contributed by atoms with E-state index in [1.54, 1.807) is 0 Å². The van der Waals surface area contributed by atoms with Crippen LogP contribution in [0.4, 0.5) is 0 Å². The van der Waals surface area contributed by atoms with E-state index in [0.717, 1.165) is 77.9 Å². The van der Waals surface area contributed by atoms with Gasteiger partial charge in [-0.05, 0) is 145 Å². The lowest BCUT2D eigenvalue weighted by Crippen LogP contribution is -2.16. The molecule has 72 heavy (non-hydrogen) atoms. The molecule has 6 aromatic rings. The maximum Gasteiger partial charge on any atom is 0.129 e. The van der Waals surface area contributed by atoms with Gasteiger partial charge in [0.15, 0.2) is 0 Å². The Bertz CT molecular complexity index is 3310. The Morgan fingerprint density at radius 3 is 0.486 bits per heavy atom. The second-order valence-electron chi connectivity index (χ2n) is 21.4. The number of benzene rings is 6. The van der Waals surface area contributed by atoms with Crippen LogP contribution >= 0.6 is 0 Å². The fourth-order valence-corrected chi connectivity index (χ4v) is 8.14. The van der Waals surface area contributed by atoms with Crippen LogP contribution in [0.1, 0.15) is 77.9 Å². The zero-order chi connectivity index (χ0) is 51.8. The molecule has 0 unspecified atom stereocenters. The third-order valence-corrected chi connectivity index (χ3v) is 13.1. The Kier molecular flexibility index (Phi) is 17.8. The molecule has 0 aliphatic carbocycles. The van der Waals surface area contributed by atoms with Gasteiger partial charge in [-0.25, -0.2) is 0 Å². The van der Waals surface area contributed by atoms with Gasteiger partial charge in [-0.15, -0.1) is 22.2 Å². The quantitative estimate of drug-likeness (QED) is 0.105. The van der Waals surface area contributed by atoms with Crippen LogP contribution in [-0.2, 0) is 0 Å². The van der Waals surface area contributed by atoms with Crippen molar-refractivity contribution >= 4 is 32.3 Å². The van der Waals surface area contributed by atoms with Gasteiger partial charge in [0.25, 0.3) is 0 Å². The molecule has 0 aliphatic rings. The molecule has 0 N–H and O–H groups in total. The Hall–Kier alpha value is -8.21. The highest BCUT2D eigenvalue weighted by molar-refractivity contribution is 6.85. The van der Waals surface area contributed by atoms with Crippen LogP contribution in [0.5, 0.6) is 0 Å². The van der Waals surface area contributed by atoms with Gasteiger partial charge < -0.3 is 0 Å². The summed E-state index contributed by atoms with van der Waals surface area (Å²) in [5.41, 5.74) is 26.8. The molecule has 0 aromatic heterocycles. The summed E-state index contributed by atoms with van der Waals surface area (Å²) in [6, 6.07) is 44.2. The lowest BCUT2D eigenvalue weighted by Gasteiger charge is -2.05. The van der Waals surface area contributed by atoms with Crippen molar-refractivity contribution in [1.29, 1.82) is 0 Å². The lowest BCUT2D eigenvalue weighted by molar-refractivity contribution is 1.55. The predicted octanol–water partition coefficient (Wildman–Crippen LogP) is 13.6. The Morgan fingerprint density at radius 2 is 0.319 bits per heavy atom. The van der Waals surface area contributed by atoms with E-state index in [-0.39, 0.29) is 0 Å². The Balaban J connectivity index is 1.03. The van der Waals surface area contributed by atoms with Crippen LogP contribution in [0, 0.1) is 117 Å². The number of rotatable bonds is 0. The molecule has 0 saturated carbocycles. The normalized spacial score (nSPS) is 10.2. The summed E-state index contributed by atoms with van der Waals surface area (Å²) >= 11 is 0. The SMILES string of the molecule is C[Si](C)(C)C#Cc1cc(C#Cc2ccc(C#Cc3ccc(C#CC#Cc4ccc(C#Cc5ccc(C#Cc6cc(C#C[Si](C)(C)C)cc(C#C[Si](C)(C)C)c6)cc5)cc4)cc3)cc2)cc(C#C[Si](C)(C)C)c1. The minimum Gasteiger partial charge on any atom is -0.127 e. The summed E-state index contributed by atoms with van der Waals surface area (Å²) in [5, 5.41) is 0. The maximum atomic E-state index is 3.48. The second-order valence-corrected chi connectivity index (χ2v) is 40.4. The molecule has 0 saturated heterocycles. The molecule has 4 heteroatoms. The zero-order valence-corrected chi connectivity index (χ0v) is 47.7. The van der Waals surface area contributed by atoms with Gasteiger partial charge in [-0.2, -0.15) is 0 Å². The first-order valence-corrected chi connectivity index (χ1v) is 38.0. The summed E-state index contributed by atoms with van der Waals surface area (Å²) in [6.07, 6.45) is 0. The second kappa shape index (κ2) is 24.1. The number of hydrogen-bond donors (Lipinski definition) is 0. The third kappa shape index (κ3) is 20.0. The van der Waals surface area contributed by atoms with Crippen molar-refractivity contribution in [3.8, 4) is 117 Å². The van der Waals surface area contributed by atoms with Crippen molar-refractivity contribution in [2.75, 3.05) is 0 Å². The summed E-state index contributed by atoms with van der Waals surface area (Å²) in [7, 11) is -6.10. The first-order chi connectivity index (χ1) is 34.1. The highest BCUT2D eigenvalue weighted by Crippen LogP contribution is 2.14. The van der Waals surface area contributed by atoms with Gasteiger partial charge in [0.2, 0.25) is 0 Å². The summed E-state index contributed by atoms with van der Waals surface area (Å²) in [5.74, 6) is 52.1. The minimum atomic E-state index is -1.52. The number of hydrogen-bond acceptors (Lipinski definition) is 0. The smallest absolute Gasteiger partial charge is 0.127 e. The van der Waals surface area contributed by atoms with Crippen LogP contribution in [0.15, 0.2) is 133 Å². The van der Waals surface area contributed by atoms with E-state index < -0.39 is 32.3 Å². The molecule has 0 spiro atoms. The predicted molar refractivity (Wildman–Crippen MR) is 317 cm³/mol. The lowest BCUT2D eigenvalue weighted by atomic mass is 10.1.